The van der Waals surface area contributed by atoms with Crippen LogP contribution in [0.2, 0.25) is 0 Å². The molecule has 1 heterocycles. The van der Waals surface area contributed by atoms with Gasteiger partial charge in [0.25, 0.3) is 0 Å². The van der Waals surface area contributed by atoms with Crippen LogP contribution in [0.4, 0.5) is 4.39 Å². The number of hydrogen-bond acceptors (Lipinski definition) is 2. The number of aromatic nitrogens is 3. The van der Waals surface area contributed by atoms with E-state index in [4.69, 9.17) is 0 Å². The lowest BCUT2D eigenvalue weighted by molar-refractivity contribution is 0.491. The largest absolute Gasteiger partial charge is 0.265 e. The Morgan fingerprint density at radius 1 is 1.75 bits per heavy atom. The molecule has 0 bridgehead atoms. The normalized spacial score (nSPS) is 9.62. The van der Waals surface area contributed by atoms with Gasteiger partial charge < -0.3 is 0 Å². The Morgan fingerprint density at radius 2 is 2.62 bits per heavy atom. The summed E-state index contributed by atoms with van der Waals surface area (Å²) in [5.41, 5.74) is 0.674. The van der Waals surface area contributed by atoms with Gasteiger partial charge in [0.2, 0.25) is 0 Å². The maximum atomic E-state index is 11.5. The van der Waals surface area contributed by atoms with Gasteiger partial charge in [0.15, 0.2) is 0 Å². The van der Waals surface area contributed by atoms with Crippen molar-refractivity contribution in [1.29, 1.82) is 0 Å². The van der Waals surface area contributed by atoms with Crippen LogP contribution in [0.15, 0.2) is 6.20 Å². The molecule has 0 fully saturated rings. The van der Waals surface area contributed by atoms with Crippen LogP contribution in [-0.4, -0.2) is 22.1 Å². The quantitative estimate of drug-likeness (QED) is 0.603. The van der Waals surface area contributed by atoms with E-state index in [0.717, 1.165) is 0 Å². The van der Waals surface area contributed by atoms with Gasteiger partial charge in [-0.1, -0.05) is 5.21 Å². The van der Waals surface area contributed by atoms with Gasteiger partial charge in [-0.05, 0) is 0 Å². The Kier molecular flexibility index (Phi) is 1.56. The minimum absolute atomic E-state index is 0.358. The molecule has 0 saturated heterocycles. The Morgan fingerprint density at radius 3 is 3.12 bits per heavy atom. The smallest absolute Gasteiger partial charge is 0.0951 e. The molecule has 0 saturated carbocycles. The Bertz CT molecular complexity index is 137. The monoisotopic (exact) mass is 115 g/mol. The van der Waals surface area contributed by atoms with Crippen LogP contribution < -0.4 is 0 Å². The van der Waals surface area contributed by atoms with Gasteiger partial charge in [-0.3, -0.25) is 9.49 Å². The second-order valence-corrected chi connectivity index (χ2v) is 1.40. The molecular weight excluding hydrogens is 109 g/mol. The standard InChI is InChI=1S/C4H6FN3/c5-2-1-4-3-6-8-7-4/h3H,1-2H2,(H,6,7,8). The van der Waals surface area contributed by atoms with Gasteiger partial charge >= 0.3 is 0 Å². The fraction of sp³-hybridized carbons (Fsp3) is 0.500. The fourth-order valence-corrected chi connectivity index (χ4v) is 0.444. The summed E-state index contributed by atoms with van der Waals surface area (Å²) in [7, 11) is 0. The summed E-state index contributed by atoms with van der Waals surface area (Å²) in [6, 6.07) is 0. The lowest BCUT2D eigenvalue weighted by atomic mass is 10.4. The molecule has 0 aliphatic heterocycles. The van der Waals surface area contributed by atoms with E-state index in [2.05, 4.69) is 15.4 Å². The molecule has 0 aliphatic rings. The highest BCUT2D eigenvalue weighted by atomic mass is 19.1. The van der Waals surface area contributed by atoms with Gasteiger partial charge in [-0.25, -0.2) is 0 Å². The zero-order valence-electron chi connectivity index (χ0n) is 4.26. The van der Waals surface area contributed by atoms with Crippen LogP contribution in [0.25, 0.3) is 0 Å². The van der Waals surface area contributed by atoms with Crippen molar-refractivity contribution in [2.75, 3.05) is 6.67 Å². The third-order valence-corrected chi connectivity index (χ3v) is 0.818. The van der Waals surface area contributed by atoms with Gasteiger partial charge in [-0.2, -0.15) is 0 Å². The summed E-state index contributed by atoms with van der Waals surface area (Å²) >= 11 is 0. The minimum Gasteiger partial charge on any atom is -0.265 e. The topological polar surface area (TPSA) is 41.6 Å². The van der Waals surface area contributed by atoms with Gasteiger partial charge in [0, 0.05) is 12.6 Å². The number of H-pyrrole nitrogens is 1. The third-order valence-electron chi connectivity index (χ3n) is 0.818. The molecule has 0 atom stereocenters. The lowest BCUT2D eigenvalue weighted by Gasteiger charge is -1.80. The van der Waals surface area contributed by atoms with Crippen molar-refractivity contribution in [2.45, 2.75) is 6.42 Å². The van der Waals surface area contributed by atoms with Crippen LogP contribution in [0.1, 0.15) is 5.69 Å². The summed E-state index contributed by atoms with van der Waals surface area (Å²) < 4.78 is 11.5. The summed E-state index contributed by atoms with van der Waals surface area (Å²) in [5, 5.41) is 9.45. The number of hydrogen-bond donors (Lipinski definition) is 1. The predicted molar refractivity (Wildman–Crippen MR) is 26.1 cm³/mol. The zero-order valence-corrected chi connectivity index (χ0v) is 4.26. The predicted octanol–water partition coefficient (Wildman–Crippen LogP) is 0.317. The van der Waals surface area contributed by atoms with Crippen LogP contribution in [0, 0.1) is 0 Å². The molecule has 0 spiro atoms. The van der Waals surface area contributed by atoms with E-state index in [9.17, 15) is 4.39 Å². The van der Waals surface area contributed by atoms with Crippen LogP contribution >= 0.6 is 0 Å². The van der Waals surface area contributed by atoms with Crippen molar-refractivity contribution in [2.24, 2.45) is 0 Å². The number of alkyl halides is 1. The zero-order chi connectivity index (χ0) is 5.82. The molecule has 0 aliphatic carbocycles. The van der Waals surface area contributed by atoms with E-state index in [1.807, 2.05) is 0 Å². The highest BCUT2D eigenvalue weighted by Gasteiger charge is 1.91. The molecule has 4 heteroatoms. The molecule has 8 heavy (non-hydrogen) atoms. The average Bonchev–Trinajstić information content (AvgIpc) is 2.19. The second kappa shape index (κ2) is 2.40. The average molecular weight is 115 g/mol. The number of nitrogens with zero attached hydrogens (tertiary/aromatic N) is 2. The van der Waals surface area contributed by atoms with E-state index in [1.54, 1.807) is 6.20 Å². The maximum absolute atomic E-state index is 11.5. The summed E-state index contributed by atoms with van der Waals surface area (Å²) in [4.78, 5) is 0. The first-order valence-electron chi connectivity index (χ1n) is 2.35. The van der Waals surface area contributed by atoms with Crippen molar-refractivity contribution in [3.8, 4) is 0 Å². The van der Waals surface area contributed by atoms with Gasteiger partial charge in [0.05, 0.1) is 12.4 Å². The molecule has 1 aromatic rings. The lowest BCUT2D eigenvalue weighted by Crippen LogP contribution is -1.85. The first-order valence-corrected chi connectivity index (χ1v) is 2.35. The van der Waals surface area contributed by atoms with Crippen molar-refractivity contribution in [3.63, 3.8) is 0 Å². The molecule has 1 aromatic heterocycles. The van der Waals surface area contributed by atoms with E-state index in [1.165, 1.54) is 0 Å². The molecular formula is C4H6FN3. The van der Waals surface area contributed by atoms with Crippen molar-refractivity contribution in [1.82, 2.24) is 15.4 Å². The van der Waals surface area contributed by atoms with Crippen molar-refractivity contribution >= 4 is 0 Å². The molecule has 0 amide bonds. The molecule has 0 aromatic carbocycles. The number of nitrogens with one attached hydrogen (secondary N) is 1. The number of halogens is 1. The molecule has 44 valence electrons. The van der Waals surface area contributed by atoms with Crippen molar-refractivity contribution in [3.05, 3.63) is 11.9 Å². The SMILES string of the molecule is FCCc1c[nH]nn1. The highest BCUT2D eigenvalue weighted by Crippen LogP contribution is 1.88. The van der Waals surface area contributed by atoms with Crippen molar-refractivity contribution < 1.29 is 4.39 Å². The molecule has 0 radical (unpaired) electrons. The molecule has 1 N–H and O–H groups in total. The Labute approximate surface area is 45.9 Å². The Hall–Kier alpha value is -0.930. The first-order chi connectivity index (χ1) is 3.93. The Balaban J connectivity index is 2.50. The van der Waals surface area contributed by atoms with Gasteiger partial charge in [-0.15, -0.1) is 5.10 Å². The van der Waals surface area contributed by atoms with Crippen LogP contribution in [-0.2, 0) is 6.42 Å². The first kappa shape index (κ1) is 5.21. The molecule has 1 rings (SSSR count). The minimum atomic E-state index is -0.369. The van der Waals surface area contributed by atoms with E-state index in [0.29, 0.717) is 12.1 Å². The van der Waals surface area contributed by atoms with E-state index >= 15 is 0 Å². The van der Waals surface area contributed by atoms with E-state index < -0.39 is 0 Å². The highest BCUT2D eigenvalue weighted by molar-refractivity contribution is 4.89. The third kappa shape index (κ3) is 1.02. The van der Waals surface area contributed by atoms with Gasteiger partial charge in [0.1, 0.15) is 0 Å². The summed E-state index contributed by atoms with van der Waals surface area (Å²) in [6.45, 7) is -0.369. The number of aryl methyl sites for hydroxylation is 1. The molecule has 3 nitrogen and oxygen atoms in total. The number of aromatic amines is 1. The van der Waals surface area contributed by atoms with Crippen LogP contribution in [0.5, 0.6) is 0 Å². The molecule has 0 unspecified atom stereocenters. The number of rotatable bonds is 2. The summed E-state index contributed by atoms with van der Waals surface area (Å²) in [5.74, 6) is 0. The second-order valence-electron chi connectivity index (χ2n) is 1.40. The van der Waals surface area contributed by atoms with E-state index in [-0.39, 0.29) is 6.67 Å². The summed E-state index contributed by atoms with van der Waals surface area (Å²) in [6.07, 6.45) is 1.94. The van der Waals surface area contributed by atoms with Crippen LogP contribution in [0.3, 0.4) is 0 Å². The fourth-order valence-electron chi connectivity index (χ4n) is 0.444. The maximum Gasteiger partial charge on any atom is 0.0951 e.